The number of rotatable bonds is 3. The molecule has 0 aliphatic rings. The van der Waals surface area contributed by atoms with E-state index in [1.54, 1.807) is 0 Å². The van der Waals surface area contributed by atoms with Gasteiger partial charge in [-0.25, -0.2) is 4.39 Å². The lowest BCUT2D eigenvalue weighted by Crippen LogP contribution is -1.92. The van der Waals surface area contributed by atoms with Gasteiger partial charge < -0.3 is 0 Å². The highest BCUT2D eigenvalue weighted by atomic mass is 19.1. The Kier molecular flexibility index (Phi) is 3.60. The van der Waals surface area contributed by atoms with E-state index in [4.69, 9.17) is 0 Å². The van der Waals surface area contributed by atoms with Gasteiger partial charge in [-0.3, -0.25) is 0 Å². The van der Waals surface area contributed by atoms with Gasteiger partial charge in [-0.2, -0.15) is 0 Å². The molecule has 0 radical (unpaired) electrons. The van der Waals surface area contributed by atoms with Gasteiger partial charge in [0.25, 0.3) is 0 Å². The van der Waals surface area contributed by atoms with Gasteiger partial charge in [-0.1, -0.05) is 66.7 Å². The zero-order chi connectivity index (χ0) is 13.8. The predicted octanol–water partition coefficient (Wildman–Crippen LogP) is 5.08. The molecule has 0 saturated carbocycles. The summed E-state index contributed by atoms with van der Waals surface area (Å²) in [5.74, 6) is -0.200. The number of hydrogen-bond donors (Lipinski definition) is 0. The van der Waals surface area contributed by atoms with E-state index in [0.717, 1.165) is 17.5 Å². The predicted molar refractivity (Wildman–Crippen MR) is 81.1 cm³/mol. The van der Waals surface area contributed by atoms with Crippen molar-refractivity contribution in [3.05, 3.63) is 95.8 Å². The van der Waals surface area contributed by atoms with Crippen molar-refractivity contribution in [1.29, 1.82) is 0 Å². The maximum absolute atomic E-state index is 13.0. The van der Waals surface area contributed by atoms with Gasteiger partial charge in [0, 0.05) is 0 Å². The second kappa shape index (κ2) is 5.70. The van der Waals surface area contributed by atoms with Gasteiger partial charge in [-0.15, -0.1) is 0 Å². The first kappa shape index (κ1) is 12.6. The third-order valence-corrected chi connectivity index (χ3v) is 3.41. The van der Waals surface area contributed by atoms with E-state index in [1.165, 1.54) is 23.3 Å². The van der Waals surface area contributed by atoms with E-state index >= 15 is 0 Å². The van der Waals surface area contributed by atoms with Crippen LogP contribution in [0.4, 0.5) is 4.39 Å². The zero-order valence-electron chi connectivity index (χ0n) is 11.1. The first-order valence-electron chi connectivity index (χ1n) is 6.71. The first-order chi connectivity index (χ1) is 9.83. The summed E-state index contributed by atoms with van der Waals surface area (Å²) < 4.78 is 13.0. The second-order valence-electron chi connectivity index (χ2n) is 4.83. The van der Waals surface area contributed by atoms with Crippen molar-refractivity contribution in [1.82, 2.24) is 0 Å². The summed E-state index contributed by atoms with van der Waals surface area (Å²) in [4.78, 5) is 0. The lowest BCUT2D eigenvalue weighted by atomic mass is 9.95. The summed E-state index contributed by atoms with van der Waals surface area (Å²) in [6, 6.07) is 25.3. The molecule has 0 nitrogen and oxygen atoms in total. The molecule has 0 aliphatic carbocycles. The maximum atomic E-state index is 13.0. The van der Waals surface area contributed by atoms with Crippen LogP contribution in [0.2, 0.25) is 0 Å². The Labute approximate surface area is 118 Å². The SMILES string of the molecule is Fc1ccc(-c2ccccc2Cc2ccccc2)cc1. The quantitative estimate of drug-likeness (QED) is 0.617. The smallest absolute Gasteiger partial charge is 0.123 e. The summed E-state index contributed by atoms with van der Waals surface area (Å²) in [6.45, 7) is 0. The van der Waals surface area contributed by atoms with Crippen LogP contribution >= 0.6 is 0 Å². The van der Waals surface area contributed by atoms with Crippen LogP contribution in [-0.4, -0.2) is 0 Å². The fraction of sp³-hybridized carbons (Fsp3) is 0.0526. The zero-order valence-corrected chi connectivity index (χ0v) is 11.1. The van der Waals surface area contributed by atoms with Crippen LogP contribution in [0.15, 0.2) is 78.9 Å². The summed E-state index contributed by atoms with van der Waals surface area (Å²) in [5.41, 5.74) is 4.75. The van der Waals surface area contributed by atoms with Gasteiger partial charge in [0.2, 0.25) is 0 Å². The van der Waals surface area contributed by atoms with Crippen LogP contribution in [0.3, 0.4) is 0 Å². The van der Waals surface area contributed by atoms with Crippen molar-refractivity contribution < 1.29 is 4.39 Å². The number of benzene rings is 3. The highest BCUT2D eigenvalue weighted by Gasteiger charge is 2.05. The summed E-state index contributed by atoms with van der Waals surface area (Å²) >= 11 is 0. The Balaban J connectivity index is 1.98. The lowest BCUT2D eigenvalue weighted by Gasteiger charge is -2.10. The van der Waals surface area contributed by atoms with Crippen molar-refractivity contribution in [2.45, 2.75) is 6.42 Å². The minimum absolute atomic E-state index is 0.200. The molecule has 98 valence electrons. The fourth-order valence-corrected chi connectivity index (χ4v) is 2.40. The Hall–Kier alpha value is -2.41. The van der Waals surface area contributed by atoms with Crippen molar-refractivity contribution in [3.63, 3.8) is 0 Å². The fourth-order valence-electron chi connectivity index (χ4n) is 2.40. The van der Waals surface area contributed by atoms with Crippen LogP contribution < -0.4 is 0 Å². The van der Waals surface area contributed by atoms with E-state index in [1.807, 2.05) is 30.3 Å². The van der Waals surface area contributed by atoms with Crippen LogP contribution in [0, 0.1) is 5.82 Å². The monoisotopic (exact) mass is 262 g/mol. The van der Waals surface area contributed by atoms with E-state index < -0.39 is 0 Å². The Morgan fingerprint density at radius 1 is 0.650 bits per heavy atom. The Morgan fingerprint density at radius 3 is 2.05 bits per heavy atom. The lowest BCUT2D eigenvalue weighted by molar-refractivity contribution is 0.628. The Bertz CT molecular complexity index is 684. The minimum Gasteiger partial charge on any atom is -0.207 e. The molecule has 0 N–H and O–H groups in total. The van der Waals surface area contributed by atoms with Gasteiger partial charge in [-0.05, 0) is 40.8 Å². The van der Waals surface area contributed by atoms with Crippen molar-refractivity contribution in [3.8, 4) is 11.1 Å². The van der Waals surface area contributed by atoms with Crippen LogP contribution in [0.1, 0.15) is 11.1 Å². The van der Waals surface area contributed by atoms with Gasteiger partial charge in [0.1, 0.15) is 5.82 Å². The summed E-state index contributed by atoms with van der Waals surface area (Å²) in [6.07, 6.45) is 0.883. The van der Waals surface area contributed by atoms with E-state index in [2.05, 4.69) is 36.4 Å². The molecule has 0 heterocycles. The molecular formula is C19H15F. The van der Waals surface area contributed by atoms with E-state index in [0.29, 0.717) is 0 Å². The van der Waals surface area contributed by atoms with Crippen LogP contribution in [0.25, 0.3) is 11.1 Å². The first-order valence-corrected chi connectivity index (χ1v) is 6.71. The molecule has 0 fully saturated rings. The molecule has 0 saturated heterocycles. The van der Waals surface area contributed by atoms with Gasteiger partial charge in [0.05, 0.1) is 0 Å². The average Bonchev–Trinajstić information content (AvgIpc) is 2.50. The normalized spacial score (nSPS) is 10.4. The molecule has 0 aromatic heterocycles. The molecule has 3 rings (SSSR count). The molecule has 0 atom stereocenters. The largest absolute Gasteiger partial charge is 0.207 e. The highest BCUT2D eigenvalue weighted by Crippen LogP contribution is 2.25. The third kappa shape index (κ3) is 2.77. The highest BCUT2D eigenvalue weighted by molar-refractivity contribution is 5.67. The van der Waals surface area contributed by atoms with Crippen LogP contribution in [-0.2, 0) is 6.42 Å². The third-order valence-electron chi connectivity index (χ3n) is 3.41. The molecule has 0 aliphatic heterocycles. The van der Waals surface area contributed by atoms with Crippen molar-refractivity contribution in [2.75, 3.05) is 0 Å². The molecular weight excluding hydrogens is 247 g/mol. The molecule has 0 spiro atoms. The summed E-state index contributed by atoms with van der Waals surface area (Å²) in [5, 5.41) is 0. The van der Waals surface area contributed by atoms with Gasteiger partial charge in [0.15, 0.2) is 0 Å². The van der Waals surface area contributed by atoms with E-state index in [9.17, 15) is 4.39 Å². The minimum atomic E-state index is -0.200. The van der Waals surface area contributed by atoms with E-state index in [-0.39, 0.29) is 5.82 Å². The van der Waals surface area contributed by atoms with Crippen molar-refractivity contribution >= 4 is 0 Å². The molecule has 3 aromatic rings. The summed E-state index contributed by atoms with van der Waals surface area (Å²) in [7, 11) is 0. The van der Waals surface area contributed by atoms with Crippen molar-refractivity contribution in [2.24, 2.45) is 0 Å². The maximum Gasteiger partial charge on any atom is 0.123 e. The molecule has 0 unspecified atom stereocenters. The molecule has 1 heteroatoms. The molecule has 0 amide bonds. The topological polar surface area (TPSA) is 0 Å². The van der Waals surface area contributed by atoms with Crippen LogP contribution in [0.5, 0.6) is 0 Å². The molecule has 0 bridgehead atoms. The average molecular weight is 262 g/mol. The number of halogens is 1. The Morgan fingerprint density at radius 2 is 1.30 bits per heavy atom. The number of hydrogen-bond acceptors (Lipinski definition) is 0. The standard InChI is InChI=1S/C19H15F/c20-18-12-10-16(11-13-18)19-9-5-4-8-17(19)14-15-6-2-1-3-7-15/h1-13H,14H2. The molecule has 3 aromatic carbocycles. The second-order valence-corrected chi connectivity index (χ2v) is 4.83. The molecule has 20 heavy (non-hydrogen) atoms. The van der Waals surface area contributed by atoms with Gasteiger partial charge >= 0.3 is 0 Å².